The average molecular weight is 446 g/mol. The maximum absolute atomic E-state index is 12.7. The van der Waals surface area contributed by atoms with Crippen LogP contribution in [0.5, 0.6) is 0 Å². The zero-order valence-electron chi connectivity index (χ0n) is 18.7. The SMILES string of the molecule is CC(C)(C(=O)NCCC(=O)[15NH]C[13CH2][13C](=O)ON1C(=O)CCC1=O)C1C[15N]([13CH3])C[13CH2]N1[13CH3]. The number of carbonyl (C=O) groups excluding carboxylic acids is 5. The minimum absolute atomic E-state index is 0.00648. The molecule has 1 atom stereocenters. The predicted molar refractivity (Wildman–Crippen MR) is 110 cm³/mol. The van der Waals surface area contributed by atoms with Crippen molar-refractivity contribution in [2.75, 3.05) is 46.8 Å². The average Bonchev–Trinajstić information content (AvgIpc) is 3.01. The number of carbonyl (C=O) groups is 5. The molecular weight excluding hydrogens is 413 g/mol. The molecule has 0 spiro atoms. The number of amides is 4. The largest absolute Gasteiger partial charge is 0.355 e. The first-order valence-corrected chi connectivity index (χ1v) is 10.5. The lowest BCUT2D eigenvalue weighted by atomic mass is 9.82. The molecular formula is C20H33N5O6. The van der Waals surface area contributed by atoms with Crippen molar-refractivity contribution in [3.05, 3.63) is 0 Å². The Morgan fingerprint density at radius 1 is 1.00 bits per heavy atom. The highest BCUT2D eigenvalue weighted by Crippen LogP contribution is 2.27. The maximum Gasteiger partial charge on any atom is 0.334 e. The summed E-state index contributed by atoms with van der Waals surface area (Å²) in [7, 11) is 4.05. The molecule has 2 aliphatic heterocycles. The highest BCUT2D eigenvalue weighted by atomic mass is 16.8. The fourth-order valence-corrected chi connectivity index (χ4v) is 3.66. The Labute approximate surface area is 182 Å². The minimum Gasteiger partial charge on any atom is -0.355 e. The van der Waals surface area contributed by atoms with Gasteiger partial charge in [0.05, 0.1) is 11.8 Å². The van der Waals surface area contributed by atoms with Gasteiger partial charge in [-0.2, -0.15) is 0 Å². The molecule has 0 radical (unpaired) electrons. The minimum atomic E-state index is -0.777. The topological polar surface area (TPSA) is 128 Å². The summed E-state index contributed by atoms with van der Waals surface area (Å²) < 4.78 is 0. The van der Waals surface area contributed by atoms with Crippen molar-refractivity contribution in [3.63, 3.8) is 0 Å². The van der Waals surface area contributed by atoms with E-state index < -0.39 is 23.2 Å². The van der Waals surface area contributed by atoms with E-state index in [0.717, 1.165) is 19.6 Å². The van der Waals surface area contributed by atoms with Crippen molar-refractivity contribution in [1.29, 1.82) is 0 Å². The maximum atomic E-state index is 12.7. The van der Waals surface area contributed by atoms with E-state index in [9.17, 15) is 24.0 Å². The van der Waals surface area contributed by atoms with Crippen LogP contribution in [-0.2, 0) is 28.8 Å². The number of hydrogen-bond acceptors (Lipinski definition) is 8. The number of nitrogens with one attached hydrogen (secondary N) is 2. The summed E-state index contributed by atoms with van der Waals surface area (Å²) in [5.74, 6) is -2.32. The molecule has 11 heteroatoms. The van der Waals surface area contributed by atoms with Crippen molar-refractivity contribution in [2.45, 2.75) is 45.6 Å². The lowest BCUT2D eigenvalue weighted by Gasteiger charge is -2.45. The fourth-order valence-electron chi connectivity index (χ4n) is 3.66. The molecule has 0 aromatic carbocycles. The number of piperazine rings is 1. The molecule has 1 unspecified atom stereocenters. The molecule has 2 saturated heterocycles. The van der Waals surface area contributed by atoms with Crippen LogP contribution in [0.3, 0.4) is 0 Å². The smallest absolute Gasteiger partial charge is 0.334 e. The Hall–Kier alpha value is -2.53. The first-order valence-electron chi connectivity index (χ1n) is 10.5. The quantitative estimate of drug-likeness (QED) is 0.259. The van der Waals surface area contributed by atoms with Gasteiger partial charge in [0.25, 0.3) is 11.8 Å². The van der Waals surface area contributed by atoms with Crippen molar-refractivity contribution in [3.8, 4) is 0 Å². The van der Waals surface area contributed by atoms with E-state index in [2.05, 4.69) is 20.4 Å². The monoisotopic (exact) mass is 446 g/mol. The number of nitrogens with zero attached hydrogens (tertiary/aromatic N) is 3. The molecule has 2 fully saturated rings. The highest BCUT2D eigenvalue weighted by molar-refractivity contribution is 6.01. The number of hydroxylamine groups is 2. The zero-order chi connectivity index (χ0) is 23.2. The second kappa shape index (κ2) is 10.7. The van der Waals surface area contributed by atoms with E-state index in [1.807, 2.05) is 27.9 Å². The van der Waals surface area contributed by atoms with Crippen LogP contribution in [0.2, 0.25) is 0 Å². The second-order valence-corrected chi connectivity index (χ2v) is 8.63. The Morgan fingerprint density at radius 2 is 1.61 bits per heavy atom. The summed E-state index contributed by atoms with van der Waals surface area (Å²) in [6, 6.07) is 0.0699. The van der Waals surface area contributed by atoms with Crippen molar-refractivity contribution >= 4 is 29.6 Å². The van der Waals surface area contributed by atoms with E-state index in [-0.39, 0.29) is 56.6 Å². The summed E-state index contributed by atoms with van der Waals surface area (Å²) in [5, 5.41) is 5.86. The van der Waals surface area contributed by atoms with Crippen molar-refractivity contribution in [1.82, 2.24) is 25.5 Å². The second-order valence-electron chi connectivity index (χ2n) is 8.63. The van der Waals surface area contributed by atoms with Gasteiger partial charge in [-0.15, -0.1) is 5.06 Å². The van der Waals surface area contributed by atoms with E-state index in [0.29, 0.717) is 5.06 Å². The van der Waals surface area contributed by atoms with E-state index in [4.69, 9.17) is 4.84 Å². The number of imide groups is 1. The van der Waals surface area contributed by atoms with Crippen LogP contribution >= 0.6 is 0 Å². The van der Waals surface area contributed by atoms with Gasteiger partial charge in [0.15, 0.2) is 0 Å². The summed E-state index contributed by atoms with van der Waals surface area (Å²) >= 11 is 0. The predicted octanol–water partition coefficient (Wildman–Crippen LogP) is -1.12. The first-order chi connectivity index (χ1) is 14.5. The molecule has 0 aromatic heterocycles. The molecule has 2 heterocycles. The van der Waals surface area contributed by atoms with Gasteiger partial charge in [0.1, 0.15) is 0 Å². The van der Waals surface area contributed by atoms with Crippen molar-refractivity contribution < 1.29 is 28.8 Å². The van der Waals surface area contributed by atoms with Gasteiger partial charge in [0.2, 0.25) is 11.8 Å². The normalized spacial score (nSPS) is 20.6. The summed E-state index contributed by atoms with van der Waals surface area (Å²) in [4.78, 5) is 68.3. The zero-order valence-corrected chi connectivity index (χ0v) is 18.7. The van der Waals surface area contributed by atoms with Crippen LogP contribution in [-0.4, -0.2) is 97.3 Å². The third-order valence-electron chi connectivity index (χ3n) is 5.76. The van der Waals surface area contributed by atoms with Gasteiger partial charge >= 0.3 is 5.97 Å². The third kappa shape index (κ3) is 6.73. The summed E-state index contributed by atoms with van der Waals surface area (Å²) in [5.41, 5.74) is -0.617. The third-order valence-corrected chi connectivity index (χ3v) is 5.76. The molecule has 4 amide bonds. The first kappa shape index (κ1) is 24.7. The molecule has 2 N–H and O–H groups in total. The summed E-state index contributed by atoms with van der Waals surface area (Å²) in [6.45, 7) is 6.65. The van der Waals surface area contributed by atoms with E-state index in [1.165, 1.54) is 0 Å². The van der Waals surface area contributed by atoms with Gasteiger partial charge in [-0.05, 0) is 27.9 Å². The molecule has 0 aromatic rings. The molecule has 174 valence electrons. The fraction of sp³-hybridized carbons (Fsp3) is 0.750. The van der Waals surface area contributed by atoms with Crippen LogP contribution in [0.1, 0.15) is 39.5 Å². The Balaban J connectivity index is 1.65. The molecule has 0 saturated carbocycles. The van der Waals surface area contributed by atoms with Gasteiger partial charge < -0.3 is 20.4 Å². The Kier molecular flexibility index (Phi) is 8.52. The summed E-state index contributed by atoms with van der Waals surface area (Å²) in [6.07, 6.45) is -0.0533. The molecule has 11 nitrogen and oxygen atoms in total. The molecule has 31 heavy (non-hydrogen) atoms. The highest BCUT2D eigenvalue weighted by Gasteiger charge is 2.41. The van der Waals surface area contributed by atoms with Crippen LogP contribution < -0.4 is 10.6 Å². The molecule has 2 aliphatic rings. The number of likely N-dealkylation sites (N-methyl/N-ethyl adjacent to an activating group) is 2. The van der Waals surface area contributed by atoms with Crippen LogP contribution in [0.15, 0.2) is 0 Å². The van der Waals surface area contributed by atoms with Crippen LogP contribution in [0.4, 0.5) is 0 Å². The van der Waals surface area contributed by atoms with Crippen LogP contribution in [0.25, 0.3) is 0 Å². The lowest BCUT2D eigenvalue weighted by molar-refractivity contribution is -0.197. The Bertz CT molecular complexity index is 709. The molecule has 2 rings (SSSR count). The standard InChI is InChI=1S/C20H33N5O6/c1-20(2,14-13-23(3)11-12-24(14)4)19(30)22-9-7-15(26)21-10-8-18(29)31-25-16(27)5-6-17(25)28/h14H,5-13H2,1-4H3,(H,21,26)(H,22,30)/i3+1,4+1,8+1,12+1,18+1,21+1,23+1. The van der Waals surface area contributed by atoms with E-state index in [1.54, 1.807) is 0 Å². The van der Waals surface area contributed by atoms with Gasteiger partial charge in [-0.1, -0.05) is 0 Å². The number of hydrogen-bond donors (Lipinski definition) is 2. The Morgan fingerprint density at radius 3 is 2.26 bits per heavy atom. The molecule has 0 aliphatic carbocycles. The van der Waals surface area contributed by atoms with E-state index >= 15 is 0 Å². The van der Waals surface area contributed by atoms with Crippen molar-refractivity contribution in [2.24, 2.45) is 5.41 Å². The molecule has 0 bridgehead atoms. The lowest BCUT2D eigenvalue weighted by Crippen LogP contribution is -2.60. The van der Waals surface area contributed by atoms with Gasteiger partial charge in [-0.25, -0.2) is 4.79 Å². The number of rotatable bonds is 9. The van der Waals surface area contributed by atoms with Crippen LogP contribution in [0, 0.1) is 5.41 Å². The van der Waals surface area contributed by atoms with Gasteiger partial charge in [0, 0.05) is 58.0 Å². The van der Waals surface area contributed by atoms with Gasteiger partial charge in [-0.3, -0.25) is 24.1 Å².